The Morgan fingerprint density at radius 3 is 1.31 bits per heavy atom. The largest absolute Gasteiger partial charge is 0.241 e. The molecule has 80 valence electrons. The van der Waals surface area contributed by atoms with Crippen LogP contribution < -0.4 is 0 Å². The lowest BCUT2D eigenvalue weighted by Gasteiger charge is -2.33. The van der Waals surface area contributed by atoms with E-state index in [0.29, 0.717) is 0 Å². The molecule has 0 aliphatic carbocycles. The van der Waals surface area contributed by atoms with Crippen molar-refractivity contribution < 1.29 is 26.4 Å². The van der Waals surface area contributed by atoms with Crippen LogP contribution in [0.25, 0.3) is 0 Å². The van der Waals surface area contributed by atoms with E-state index < -0.39 is 36.2 Å². The first-order valence-corrected chi connectivity index (χ1v) is 3.11. The average molecular weight is 230 g/mol. The smallest absolute Gasteiger partial charge is 0.217 e. The van der Waals surface area contributed by atoms with Gasteiger partial charge in [-0.15, -0.1) is 16.9 Å². The molecule has 0 aromatic heterocycles. The quantitative estimate of drug-likeness (QED) is 0.350. The molecule has 1 fully saturated rings. The minimum atomic E-state index is -3.08. The highest BCUT2D eigenvalue weighted by Gasteiger charge is 2.53. The van der Waals surface area contributed by atoms with Crippen LogP contribution in [0, 0.1) is 0 Å². The molecule has 1 nitrogen and oxygen atoms in total. The number of hydrogen-bond donors (Lipinski definition) is 0. The number of alkyl halides is 5. The van der Waals surface area contributed by atoms with Gasteiger partial charge in [0.2, 0.25) is 12.6 Å². The second-order valence-electron chi connectivity index (χ2n) is 2.42. The number of halogens is 7. The fourth-order valence-corrected chi connectivity index (χ4v) is 0.887. The molecular weight excluding hydrogens is 224 g/mol. The molecule has 4 unspecified atom stereocenters. The fourth-order valence-electron chi connectivity index (χ4n) is 0.887. The normalized spacial score (nSPS) is 47.1. The first-order valence-electron chi connectivity index (χ1n) is 3.11. The summed E-state index contributed by atoms with van der Waals surface area (Å²) < 4.78 is 73.1. The van der Waals surface area contributed by atoms with Crippen LogP contribution in [0.2, 0.25) is 0 Å². The molecule has 8 heteroatoms. The average Bonchev–Trinajstić information content (AvgIpc) is 2.08. The molecule has 0 amide bonds. The van der Waals surface area contributed by atoms with Crippen molar-refractivity contribution in [2.75, 3.05) is 0 Å². The van der Waals surface area contributed by atoms with Crippen LogP contribution in [0.5, 0.6) is 0 Å². The molecule has 0 bridgehead atoms. The maximum atomic E-state index is 12.2. The van der Waals surface area contributed by atoms with Crippen molar-refractivity contribution in [3.05, 3.63) is 0 Å². The molecule has 0 spiro atoms. The molecular formula is C5H6ClF6N. The summed E-state index contributed by atoms with van der Waals surface area (Å²) in [6.07, 6.45) is -15.1. The van der Waals surface area contributed by atoms with Gasteiger partial charge in [-0.3, -0.25) is 0 Å². The number of piperidine rings is 1. The maximum Gasteiger partial charge on any atom is 0.217 e. The zero-order valence-electron chi connectivity index (χ0n) is 6.01. The maximum absolute atomic E-state index is 12.2. The summed E-state index contributed by atoms with van der Waals surface area (Å²) in [5.74, 6) is 0. The number of hydrogen-bond acceptors (Lipinski definition) is 1. The van der Waals surface area contributed by atoms with Crippen LogP contribution in [-0.4, -0.2) is 36.2 Å². The van der Waals surface area contributed by atoms with Crippen LogP contribution in [0.15, 0.2) is 0 Å². The summed E-state index contributed by atoms with van der Waals surface area (Å²) in [5.41, 5.74) is 0. The molecule has 0 saturated carbocycles. The summed E-state index contributed by atoms with van der Waals surface area (Å²) in [6.45, 7) is 0. The van der Waals surface area contributed by atoms with Gasteiger partial charge in [0.15, 0.2) is 18.5 Å². The van der Waals surface area contributed by atoms with E-state index in [-0.39, 0.29) is 12.4 Å². The van der Waals surface area contributed by atoms with Gasteiger partial charge >= 0.3 is 0 Å². The minimum absolute atomic E-state index is 0. The summed E-state index contributed by atoms with van der Waals surface area (Å²) in [4.78, 5) is 0. The summed E-state index contributed by atoms with van der Waals surface area (Å²) in [5, 5.41) is -1.30. The highest BCUT2D eigenvalue weighted by molar-refractivity contribution is 5.85. The third-order valence-electron chi connectivity index (χ3n) is 1.61. The Kier molecular flexibility index (Phi) is 4.31. The van der Waals surface area contributed by atoms with Gasteiger partial charge in [0.25, 0.3) is 0 Å². The Balaban J connectivity index is 0.00000144. The van der Waals surface area contributed by atoms with Crippen LogP contribution in [-0.2, 0) is 0 Å². The van der Waals surface area contributed by atoms with Crippen molar-refractivity contribution >= 4 is 12.4 Å². The van der Waals surface area contributed by atoms with Gasteiger partial charge in [-0.25, -0.2) is 22.0 Å². The van der Waals surface area contributed by atoms with Crippen molar-refractivity contribution in [1.29, 1.82) is 0 Å². The van der Waals surface area contributed by atoms with Crippen LogP contribution in [0.1, 0.15) is 0 Å². The van der Waals surface area contributed by atoms with E-state index in [1.165, 1.54) is 0 Å². The molecule has 0 radical (unpaired) electrons. The summed E-state index contributed by atoms with van der Waals surface area (Å²) in [6, 6.07) is 0. The van der Waals surface area contributed by atoms with Gasteiger partial charge in [0.05, 0.1) is 0 Å². The lowest BCUT2D eigenvalue weighted by Crippen LogP contribution is -2.56. The van der Waals surface area contributed by atoms with Gasteiger partial charge in [-0.1, -0.05) is 5.12 Å². The van der Waals surface area contributed by atoms with Crippen molar-refractivity contribution in [2.45, 2.75) is 31.1 Å². The fraction of sp³-hybridized carbons (Fsp3) is 1.00. The molecule has 13 heavy (non-hydrogen) atoms. The van der Waals surface area contributed by atoms with E-state index >= 15 is 0 Å². The lowest BCUT2D eigenvalue weighted by atomic mass is 10.1. The van der Waals surface area contributed by atoms with E-state index in [4.69, 9.17) is 0 Å². The van der Waals surface area contributed by atoms with Crippen molar-refractivity contribution in [1.82, 2.24) is 5.12 Å². The molecule has 1 saturated heterocycles. The number of rotatable bonds is 0. The van der Waals surface area contributed by atoms with Crippen molar-refractivity contribution in [3.8, 4) is 0 Å². The highest BCUT2D eigenvalue weighted by Crippen LogP contribution is 2.31. The Morgan fingerprint density at radius 1 is 0.692 bits per heavy atom. The van der Waals surface area contributed by atoms with Gasteiger partial charge in [0, 0.05) is 0 Å². The third kappa shape index (κ3) is 2.01. The zero-order valence-corrected chi connectivity index (χ0v) is 6.83. The van der Waals surface area contributed by atoms with Crippen molar-refractivity contribution in [3.63, 3.8) is 0 Å². The second-order valence-corrected chi connectivity index (χ2v) is 2.42. The van der Waals surface area contributed by atoms with Gasteiger partial charge in [0.1, 0.15) is 0 Å². The van der Waals surface area contributed by atoms with E-state index in [9.17, 15) is 26.4 Å². The van der Waals surface area contributed by atoms with Crippen LogP contribution >= 0.6 is 12.4 Å². The van der Waals surface area contributed by atoms with Crippen molar-refractivity contribution in [2.24, 2.45) is 0 Å². The zero-order chi connectivity index (χ0) is 9.46. The van der Waals surface area contributed by atoms with Crippen LogP contribution in [0.3, 0.4) is 0 Å². The van der Waals surface area contributed by atoms with E-state index in [2.05, 4.69) is 0 Å². The first-order chi connectivity index (χ1) is 5.46. The van der Waals surface area contributed by atoms with Gasteiger partial charge in [-0.2, -0.15) is 0 Å². The SMILES string of the molecule is Cl.FC1C(F)C(F)N(F)C(F)C1F. The van der Waals surface area contributed by atoms with Gasteiger partial charge in [-0.05, 0) is 0 Å². The Hall–Kier alpha value is -0.170. The topological polar surface area (TPSA) is 3.24 Å². The van der Waals surface area contributed by atoms with Gasteiger partial charge < -0.3 is 0 Å². The third-order valence-corrected chi connectivity index (χ3v) is 1.61. The van der Waals surface area contributed by atoms with E-state index in [1.54, 1.807) is 0 Å². The van der Waals surface area contributed by atoms with Crippen LogP contribution in [0.4, 0.5) is 26.4 Å². The second kappa shape index (κ2) is 4.36. The van der Waals surface area contributed by atoms with E-state index in [0.717, 1.165) is 0 Å². The number of nitrogens with zero attached hydrogens (tertiary/aromatic N) is 1. The molecule has 1 heterocycles. The molecule has 4 atom stereocenters. The molecule has 0 aromatic carbocycles. The monoisotopic (exact) mass is 229 g/mol. The minimum Gasteiger partial charge on any atom is -0.241 e. The molecule has 1 aliphatic heterocycles. The predicted molar refractivity (Wildman–Crippen MR) is 34.7 cm³/mol. The highest BCUT2D eigenvalue weighted by atomic mass is 35.5. The Morgan fingerprint density at radius 2 is 1.00 bits per heavy atom. The molecule has 1 rings (SSSR count). The first kappa shape index (κ1) is 12.8. The Labute approximate surface area is 76.0 Å². The summed E-state index contributed by atoms with van der Waals surface area (Å²) >= 11 is 0. The molecule has 0 N–H and O–H groups in total. The predicted octanol–water partition coefficient (Wildman–Crippen LogP) is 2.21. The standard InChI is InChI=1S/C5H5F6N.ClH/c6-1-2(7)4(9)12(11)5(10)3(1)8;/h1-5H;1H. The van der Waals surface area contributed by atoms with E-state index in [1.807, 2.05) is 0 Å². The lowest BCUT2D eigenvalue weighted by molar-refractivity contribution is -0.243. The molecule has 1 aliphatic rings. The molecule has 0 aromatic rings. The summed E-state index contributed by atoms with van der Waals surface area (Å²) in [7, 11) is 0. The Bertz CT molecular complexity index is 113.